The van der Waals surface area contributed by atoms with Gasteiger partial charge in [-0.3, -0.25) is 0 Å². The first-order valence-electron chi connectivity index (χ1n) is 26.6. The van der Waals surface area contributed by atoms with Gasteiger partial charge >= 0.3 is 0 Å². The van der Waals surface area contributed by atoms with E-state index in [2.05, 4.69) is 228 Å². The van der Waals surface area contributed by atoms with Crippen LogP contribution in [0.4, 0.5) is 34.1 Å². The van der Waals surface area contributed by atoms with Crippen LogP contribution in [0.15, 0.2) is 265 Å². The molecule has 7 nitrogen and oxygen atoms in total. The Labute approximate surface area is 448 Å². The molecule has 7 heteroatoms. The monoisotopic (exact) mass is 1010 g/mol. The SMILES string of the molecule is c1ccc2cc(N(c3ccc4c(c3)oc3ccccc34)c3ccc4c(c3)oc3cc5c(cc34)oc3cc4c(cc35)oc3cc(N(c5ccc6c(c5)oc5ccccc56)c5cc6ccccc6c6ccccc56)ccc34)ccc2c1. The fourth-order valence-electron chi connectivity index (χ4n) is 12.7. The third-order valence-corrected chi connectivity index (χ3v) is 16.4. The number of nitrogens with zero attached hydrogens (tertiary/aromatic N) is 2. The van der Waals surface area contributed by atoms with Crippen LogP contribution in [0, 0.1) is 0 Å². The average molecular weight is 1010 g/mol. The Bertz CT molecular complexity index is 5610. The van der Waals surface area contributed by atoms with Crippen molar-refractivity contribution in [3.8, 4) is 0 Å². The topological polar surface area (TPSA) is 72.2 Å². The quantitative estimate of drug-likeness (QED) is 0.154. The summed E-state index contributed by atoms with van der Waals surface area (Å²) in [6, 6.07) is 85.5. The van der Waals surface area contributed by atoms with Gasteiger partial charge in [0, 0.05) is 112 Å². The van der Waals surface area contributed by atoms with Gasteiger partial charge in [-0.05, 0) is 130 Å². The van der Waals surface area contributed by atoms with E-state index in [0.717, 1.165) is 160 Å². The Balaban J connectivity index is 0.762. The molecule has 13 aromatic carbocycles. The summed E-state index contributed by atoms with van der Waals surface area (Å²) in [6.07, 6.45) is 0. The summed E-state index contributed by atoms with van der Waals surface area (Å²) in [5, 5.41) is 17.3. The van der Waals surface area contributed by atoms with Crippen molar-refractivity contribution in [1.82, 2.24) is 0 Å². The van der Waals surface area contributed by atoms with Gasteiger partial charge in [-0.15, -0.1) is 0 Å². The lowest BCUT2D eigenvalue weighted by molar-refractivity contribution is 0.662. The minimum absolute atomic E-state index is 0.773. The van der Waals surface area contributed by atoms with Crippen molar-refractivity contribution >= 4 is 176 Å². The van der Waals surface area contributed by atoms with Crippen LogP contribution in [0.25, 0.3) is 142 Å². The molecule has 0 amide bonds. The highest BCUT2D eigenvalue weighted by molar-refractivity contribution is 6.20. The van der Waals surface area contributed by atoms with Gasteiger partial charge in [-0.25, -0.2) is 0 Å². The molecule has 5 aromatic heterocycles. The molecule has 0 saturated carbocycles. The van der Waals surface area contributed by atoms with E-state index in [1.807, 2.05) is 24.3 Å². The van der Waals surface area contributed by atoms with Gasteiger partial charge in [-0.2, -0.15) is 0 Å². The molecular formula is C72H40N2O5. The predicted octanol–water partition coefficient (Wildman–Crippen LogP) is 21.6. The molecule has 18 aromatic rings. The van der Waals surface area contributed by atoms with Gasteiger partial charge < -0.3 is 31.9 Å². The van der Waals surface area contributed by atoms with E-state index < -0.39 is 0 Å². The van der Waals surface area contributed by atoms with Crippen LogP contribution in [-0.2, 0) is 0 Å². The van der Waals surface area contributed by atoms with Crippen LogP contribution < -0.4 is 9.80 Å². The second kappa shape index (κ2) is 15.9. The molecule has 0 unspecified atom stereocenters. The van der Waals surface area contributed by atoms with E-state index in [9.17, 15) is 0 Å². The Morgan fingerprint density at radius 3 is 1.03 bits per heavy atom. The minimum atomic E-state index is 0.773. The highest BCUT2D eigenvalue weighted by Crippen LogP contribution is 2.48. The van der Waals surface area contributed by atoms with Gasteiger partial charge in [-0.1, -0.05) is 115 Å². The molecule has 18 rings (SSSR count). The third kappa shape index (κ3) is 6.29. The number of furan rings is 5. The normalized spacial score (nSPS) is 12.3. The van der Waals surface area contributed by atoms with Gasteiger partial charge in [0.1, 0.15) is 55.8 Å². The molecule has 0 fully saturated rings. The fraction of sp³-hybridized carbons (Fsp3) is 0. The summed E-state index contributed by atoms with van der Waals surface area (Å²) in [7, 11) is 0. The number of rotatable bonds is 6. The molecule has 0 radical (unpaired) electrons. The lowest BCUT2D eigenvalue weighted by atomic mass is 9.99. The van der Waals surface area contributed by atoms with E-state index in [-0.39, 0.29) is 0 Å². The van der Waals surface area contributed by atoms with Crippen LogP contribution in [0.1, 0.15) is 0 Å². The number of benzene rings is 13. The van der Waals surface area contributed by atoms with E-state index in [0.29, 0.717) is 0 Å². The van der Waals surface area contributed by atoms with Crippen LogP contribution in [0.5, 0.6) is 0 Å². The van der Waals surface area contributed by atoms with Crippen molar-refractivity contribution in [1.29, 1.82) is 0 Å². The molecular weight excluding hydrogens is 973 g/mol. The zero-order chi connectivity index (χ0) is 51.4. The van der Waals surface area contributed by atoms with Crippen molar-refractivity contribution in [3.05, 3.63) is 243 Å². The fourth-order valence-corrected chi connectivity index (χ4v) is 12.7. The van der Waals surface area contributed by atoms with E-state index in [4.69, 9.17) is 22.1 Å². The molecule has 0 saturated heterocycles. The standard InChI is InChI=1S/C72H40N2O5/c1-2-12-42-31-44(22-21-41(42)11-1)73(45-23-27-54-52-17-7-9-19-63(52)75-65(54)33-45)46-24-29-56-58-37-71-60(39-69(58)77-67(56)34-46)61-40-70-59(38-72(61)79-71)57-30-26-48(36-68(57)78-70)74(47-25-28-55-53-18-8-10-20-64(53)76-66(55)35-47)62-32-43-13-3-4-14-49(43)50-15-5-6-16-51(50)62/h1-40H. The van der Waals surface area contributed by atoms with Crippen molar-refractivity contribution in [3.63, 3.8) is 0 Å². The molecule has 0 bridgehead atoms. The summed E-state index contributed by atoms with van der Waals surface area (Å²) in [4.78, 5) is 4.60. The van der Waals surface area contributed by atoms with Gasteiger partial charge in [0.25, 0.3) is 0 Å². The number of para-hydroxylation sites is 2. The van der Waals surface area contributed by atoms with Crippen molar-refractivity contribution in [2.75, 3.05) is 9.80 Å². The van der Waals surface area contributed by atoms with Crippen molar-refractivity contribution < 1.29 is 22.1 Å². The first-order chi connectivity index (χ1) is 39.1. The molecule has 368 valence electrons. The molecule has 79 heavy (non-hydrogen) atoms. The third-order valence-electron chi connectivity index (χ3n) is 16.4. The molecule has 0 spiro atoms. The van der Waals surface area contributed by atoms with Crippen molar-refractivity contribution in [2.45, 2.75) is 0 Å². The molecule has 0 N–H and O–H groups in total. The summed E-state index contributed by atoms with van der Waals surface area (Å²) in [6.45, 7) is 0. The number of anilines is 6. The van der Waals surface area contributed by atoms with Crippen LogP contribution in [0.3, 0.4) is 0 Å². The second-order valence-electron chi connectivity index (χ2n) is 20.8. The average Bonchev–Trinajstić information content (AvgIpc) is 4.39. The van der Waals surface area contributed by atoms with Crippen LogP contribution >= 0.6 is 0 Å². The van der Waals surface area contributed by atoms with E-state index >= 15 is 0 Å². The lowest BCUT2D eigenvalue weighted by Crippen LogP contribution is -2.10. The summed E-state index contributed by atoms with van der Waals surface area (Å²) in [5.74, 6) is 0. The zero-order valence-electron chi connectivity index (χ0n) is 42.0. The van der Waals surface area contributed by atoms with E-state index in [1.54, 1.807) is 0 Å². The lowest BCUT2D eigenvalue weighted by Gasteiger charge is -2.27. The summed E-state index contributed by atoms with van der Waals surface area (Å²) < 4.78 is 33.4. The first kappa shape index (κ1) is 42.5. The maximum Gasteiger partial charge on any atom is 0.137 e. The second-order valence-corrected chi connectivity index (χ2v) is 20.8. The predicted molar refractivity (Wildman–Crippen MR) is 325 cm³/mol. The summed E-state index contributed by atoms with van der Waals surface area (Å²) >= 11 is 0. The van der Waals surface area contributed by atoms with E-state index in [1.165, 1.54) is 16.2 Å². The van der Waals surface area contributed by atoms with Gasteiger partial charge in [0.15, 0.2) is 0 Å². The van der Waals surface area contributed by atoms with Gasteiger partial charge in [0.2, 0.25) is 0 Å². The number of hydrogen-bond acceptors (Lipinski definition) is 7. The van der Waals surface area contributed by atoms with Crippen molar-refractivity contribution in [2.24, 2.45) is 0 Å². The zero-order valence-corrected chi connectivity index (χ0v) is 42.0. The molecule has 0 aliphatic heterocycles. The minimum Gasteiger partial charge on any atom is -0.456 e. The van der Waals surface area contributed by atoms with Crippen LogP contribution in [-0.4, -0.2) is 0 Å². The highest BCUT2D eigenvalue weighted by atomic mass is 16.3. The smallest absolute Gasteiger partial charge is 0.137 e. The Hall–Kier alpha value is -10.8. The molecule has 0 aliphatic carbocycles. The first-order valence-corrected chi connectivity index (χ1v) is 26.6. The maximum absolute atomic E-state index is 6.90. The largest absolute Gasteiger partial charge is 0.456 e. The summed E-state index contributed by atoms with van der Waals surface area (Å²) in [5.41, 5.74) is 14.0. The Morgan fingerprint density at radius 2 is 0.506 bits per heavy atom. The Kier molecular flexibility index (Phi) is 8.54. The molecule has 5 heterocycles. The Morgan fingerprint density at radius 1 is 0.177 bits per heavy atom. The van der Waals surface area contributed by atoms with Crippen LogP contribution in [0.2, 0.25) is 0 Å². The maximum atomic E-state index is 6.90. The number of fused-ring (bicyclic) bond motifs is 19. The number of hydrogen-bond donors (Lipinski definition) is 0. The molecule has 0 atom stereocenters. The van der Waals surface area contributed by atoms with Gasteiger partial charge in [0.05, 0.1) is 5.69 Å². The molecule has 0 aliphatic rings. The highest BCUT2D eigenvalue weighted by Gasteiger charge is 2.24.